The topological polar surface area (TPSA) is 158 Å². The Kier molecular flexibility index (Phi) is 11.4. The number of esters is 1. The second-order valence-electron chi connectivity index (χ2n) is 10.8. The number of halogens is 3. The summed E-state index contributed by atoms with van der Waals surface area (Å²) in [6.07, 6.45) is -4.36. The van der Waals surface area contributed by atoms with E-state index in [9.17, 15) is 36.4 Å². The van der Waals surface area contributed by atoms with Gasteiger partial charge in [0.1, 0.15) is 0 Å². The minimum Gasteiger partial charge on any atom is -0.569 e. The summed E-state index contributed by atoms with van der Waals surface area (Å²) in [6.45, 7) is 7.71. The van der Waals surface area contributed by atoms with E-state index in [1.165, 1.54) is 19.2 Å². The van der Waals surface area contributed by atoms with E-state index in [0.29, 0.717) is 12.0 Å². The number of benzene rings is 2. The number of hydrazine groups is 1. The van der Waals surface area contributed by atoms with E-state index in [1.807, 2.05) is 11.6 Å². The van der Waals surface area contributed by atoms with Crippen molar-refractivity contribution in [3.63, 3.8) is 0 Å². The average molecular weight is 669 g/mol. The molecule has 1 N–H and O–H groups in total. The van der Waals surface area contributed by atoms with Gasteiger partial charge in [-0.15, -0.1) is 5.01 Å². The van der Waals surface area contributed by atoms with E-state index in [4.69, 9.17) is 9.57 Å². The number of amides is 1. The van der Waals surface area contributed by atoms with Crippen molar-refractivity contribution in [2.45, 2.75) is 58.2 Å². The lowest BCUT2D eigenvalue weighted by Crippen LogP contribution is -2.52. The van der Waals surface area contributed by atoms with Crippen LogP contribution in [0.5, 0.6) is 0 Å². The summed E-state index contributed by atoms with van der Waals surface area (Å²) in [4.78, 5) is 29.0. The Morgan fingerprint density at radius 1 is 1.11 bits per heavy atom. The smallest absolute Gasteiger partial charge is 0.435 e. The van der Waals surface area contributed by atoms with Crippen molar-refractivity contribution in [3.05, 3.63) is 71.1 Å². The second-order valence-corrected chi connectivity index (χ2v) is 12.4. The van der Waals surface area contributed by atoms with Crippen molar-refractivity contribution in [3.8, 4) is 16.9 Å². The molecular weight excluding hydrogens is 633 g/mol. The highest BCUT2D eigenvalue weighted by Crippen LogP contribution is 2.33. The first-order valence-electron chi connectivity index (χ1n) is 14.1. The zero-order chi connectivity index (χ0) is 34.4. The van der Waals surface area contributed by atoms with Crippen molar-refractivity contribution in [1.82, 2.24) is 19.5 Å². The molecule has 0 saturated carbocycles. The van der Waals surface area contributed by atoms with Crippen LogP contribution in [0.1, 0.15) is 45.4 Å². The third-order valence-electron chi connectivity index (χ3n) is 6.95. The zero-order valence-electron chi connectivity index (χ0n) is 26.0. The van der Waals surface area contributed by atoms with Crippen molar-refractivity contribution in [2.75, 3.05) is 13.8 Å². The molecule has 0 aliphatic heterocycles. The van der Waals surface area contributed by atoms with Gasteiger partial charge >= 0.3 is 12.1 Å². The van der Waals surface area contributed by atoms with Crippen LogP contribution >= 0.6 is 0 Å². The molecule has 2 aromatic carbocycles. The number of hydrogen-bond acceptors (Lipinski definition) is 9. The van der Waals surface area contributed by atoms with Gasteiger partial charge < -0.3 is 14.8 Å². The number of nitrogens with one attached hydrogen (secondary N) is 1. The summed E-state index contributed by atoms with van der Waals surface area (Å²) < 4.78 is 74.8. The molecule has 2 atom stereocenters. The molecule has 0 spiro atoms. The fourth-order valence-electron chi connectivity index (χ4n) is 4.17. The number of ether oxygens (including phenoxy) is 1. The van der Waals surface area contributed by atoms with E-state index < -0.39 is 58.4 Å². The second kappa shape index (κ2) is 14.6. The number of carbonyl (C=O) groups is 2. The monoisotopic (exact) mass is 668 g/mol. The predicted octanol–water partition coefficient (Wildman–Crippen LogP) is 4.98. The molecule has 1 heterocycles. The molecule has 0 aliphatic rings. The minimum absolute atomic E-state index is 0.0774. The van der Waals surface area contributed by atoms with Gasteiger partial charge in [0, 0.05) is 5.56 Å². The minimum atomic E-state index is -4.72. The number of aromatic nitrogens is 2. The average Bonchev–Trinajstić information content (AvgIpc) is 3.45. The standard InChI is InChI=1S/C29H35F3N6O7S/c1-7-20(5)26(36(6)38(41)35-45-17-44-28(40)18(2)3)27(39)34-46(42,43)23-14-12-22(13-15-23)37-24(16-25(33-37)29(30,31)32)21-10-8-19(4)9-11-21/h8-16,18,20,26H,7,17H2,1-6H3,(H,34,39)/b38-35+/t20-,26+/m1/s1. The Morgan fingerprint density at radius 2 is 1.72 bits per heavy atom. The maximum absolute atomic E-state index is 13.6. The molecular formula is C29H35F3N6O7S. The van der Waals surface area contributed by atoms with Gasteiger partial charge in [-0.3, -0.25) is 9.59 Å². The summed E-state index contributed by atoms with van der Waals surface area (Å²) in [6, 6.07) is 11.1. The van der Waals surface area contributed by atoms with Crippen LogP contribution in [0.2, 0.25) is 0 Å². The summed E-state index contributed by atoms with van der Waals surface area (Å²) >= 11 is 0. The number of nitrogens with zero attached hydrogens (tertiary/aromatic N) is 5. The Morgan fingerprint density at radius 3 is 2.26 bits per heavy atom. The van der Waals surface area contributed by atoms with Crippen LogP contribution in [-0.2, 0) is 35.4 Å². The van der Waals surface area contributed by atoms with Crippen molar-refractivity contribution in [2.24, 2.45) is 17.1 Å². The highest BCUT2D eigenvalue weighted by Gasteiger charge is 2.37. The quantitative estimate of drug-likeness (QED) is 0.0662. The molecule has 3 rings (SSSR count). The fourth-order valence-corrected chi connectivity index (χ4v) is 5.17. The van der Waals surface area contributed by atoms with Crippen molar-refractivity contribution < 1.29 is 45.7 Å². The van der Waals surface area contributed by atoms with Crippen LogP contribution in [-0.4, -0.2) is 59.9 Å². The van der Waals surface area contributed by atoms with E-state index in [-0.39, 0.29) is 21.2 Å². The number of hydrogen-bond donors (Lipinski definition) is 1. The molecule has 13 nitrogen and oxygen atoms in total. The van der Waals surface area contributed by atoms with E-state index in [0.717, 1.165) is 33.5 Å². The Labute approximate surface area is 264 Å². The molecule has 250 valence electrons. The predicted molar refractivity (Wildman–Crippen MR) is 158 cm³/mol. The Bertz CT molecular complexity index is 1660. The molecule has 0 aliphatic carbocycles. The molecule has 1 amide bonds. The highest BCUT2D eigenvalue weighted by atomic mass is 32.2. The molecule has 0 fully saturated rings. The summed E-state index contributed by atoms with van der Waals surface area (Å²) in [5.74, 6) is -2.61. The van der Waals surface area contributed by atoms with Crippen LogP contribution in [0.3, 0.4) is 0 Å². The van der Waals surface area contributed by atoms with Crippen LogP contribution in [0.4, 0.5) is 13.2 Å². The van der Waals surface area contributed by atoms with Gasteiger partial charge in [0.2, 0.25) is 5.28 Å². The third-order valence-corrected chi connectivity index (χ3v) is 8.31. The molecule has 0 unspecified atom stereocenters. The molecule has 0 radical (unpaired) electrons. The number of carbonyl (C=O) groups excluding carboxylic acids is 2. The maximum Gasteiger partial charge on any atom is 0.435 e. The van der Waals surface area contributed by atoms with Gasteiger partial charge in [-0.25, -0.2) is 17.8 Å². The van der Waals surface area contributed by atoms with E-state index in [2.05, 4.69) is 10.4 Å². The lowest BCUT2D eigenvalue weighted by atomic mass is 9.98. The lowest BCUT2D eigenvalue weighted by molar-refractivity contribution is -0.712. The molecule has 46 heavy (non-hydrogen) atoms. The summed E-state index contributed by atoms with van der Waals surface area (Å²) in [7, 11) is -3.31. The number of aryl methyl sites for hydroxylation is 1. The van der Waals surface area contributed by atoms with Gasteiger partial charge in [-0.2, -0.15) is 18.3 Å². The SMILES string of the molecule is CC[C@@H](C)[C@@H](C(=O)NS(=O)(=O)c1ccc(-n2nc(C(F)(F)F)cc2-c2ccc(C)cc2)cc1)N(C)/[N+]([O-])=N\OCOC(=O)C(C)C. The third kappa shape index (κ3) is 8.74. The van der Waals surface area contributed by atoms with Crippen LogP contribution < -0.4 is 4.72 Å². The fraction of sp³-hybridized carbons (Fsp3) is 0.414. The molecule has 3 aromatic rings. The van der Waals surface area contributed by atoms with Crippen LogP contribution in [0.25, 0.3) is 16.9 Å². The largest absolute Gasteiger partial charge is 0.569 e. The highest BCUT2D eigenvalue weighted by molar-refractivity contribution is 7.90. The molecule has 0 bridgehead atoms. The first-order chi connectivity index (χ1) is 21.5. The van der Waals surface area contributed by atoms with Crippen molar-refractivity contribution >= 4 is 21.9 Å². The van der Waals surface area contributed by atoms with Gasteiger partial charge in [0.05, 0.1) is 34.2 Å². The van der Waals surface area contributed by atoms with Gasteiger partial charge in [0.15, 0.2) is 11.7 Å². The molecule has 1 aromatic heterocycles. The molecule has 0 saturated heterocycles. The first-order valence-corrected chi connectivity index (χ1v) is 15.6. The van der Waals surface area contributed by atoms with Gasteiger partial charge in [-0.05, 0) is 43.2 Å². The maximum atomic E-state index is 13.6. The summed E-state index contributed by atoms with van der Waals surface area (Å²) in [5.41, 5.74) is 0.494. The van der Waals surface area contributed by atoms with Crippen molar-refractivity contribution in [1.29, 1.82) is 0 Å². The zero-order valence-corrected chi connectivity index (χ0v) is 26.8. The number of alkyl halides is 3. The number of likely N-dealkylation sites (N-methyl/N-ethyl adjacent to an activating group) is 1. The van der Waals surface area contributed by atoms with Gasteiger partial charge in [0.25, 0.3) is 22.7 Å². The first kappa shape index (κ1) is 35.8. The van der Waals surface area contributed by atoms with Crippen LogP contribution in [0, 0.1) is 24.0 Å². The number of rotatable bonds is 13. The Balaban J connectivity index is 1.84. The summed E-state index contributed by atoms with van der Waals surface area (Å²) in [5, 5.41) is 20.3. The number of sulfonamides is 1. The lowest BCUT2D eigenvalue weighted by Gasteiger charge is -2.27. The van der Waals surface area contributed by atoms with Crippen LogP contribution in [0.15, 0.2) is 64.8 Å². The van der Waals surface area contributed by atoms with Gasteiger partial charge in [-0.1, -0.05) is 63.9 Å². The Hall–Kier alpha value is -4.67. The van der Waals surface area contributed by atoms with E-state index >= 15 is 0 Å². The van der Waals surface area contributed by atoms with E-state index in [1.54, 1.807) is 52.0 Å². The molecule has 17 heteroatoms. The normalized spacial score (nSPS) is 13.7.